The normalized spacial score (nSPS) is 19.2. The van der Waals surface area contributed by atoms with E-state index in [2.05, 4.69) is 24.9 Å². The summed E-state index contributed by atoms with van der Waals surface area (Å²) in [6.45, 7) is 4.20. The van der Waals surface area contributed by atoms with Crippen LogP contribution in [0.25, 0.3) is 0 Å². The van der Waals surface area contributed by atoms with Crippen LogP contribution in [0.3, 0.4) is 0 Å². The molecule has 1 nitrogen and oxygen atoms in total. The molecule has 0 spiro atoms. The molecule has 68 valence electrons. The number of rotatable bonds is 0. The summed E-state index contributed by atoms with van der Waals surface area (Å²) in [5.41, 5.74) is 2.34. The third-order valence-corrected chi connectivity index (χ3v) is 2.55. The molecule has 0 unspecified atom stereocenters. The summed E-state index contributed by atoms with van der Waals surface area (Å²) in [7, 11) is 0. The average molecular weight is 194 g/mol. The lowest BCUT2D eigenvalue weighted by molar-refractivity contribution is 0.515. The number of hydrogen-bond acceptors (Lipinski definition) is 1. The van der Waals surface area contributed by atoms with Gasteiger partial charge >= 0.3 is 0 Å². The van der Waals surface area contributed by atoms with Crippen LogP contribution in [0.15, 0.2) is 29.3 Å². The summed E-state index contributed by atoms with van der Waals surface area (Å²) < 4.78 is 0. The van der Waals surface area contributed by atoms with E-state index in [9.17, 15) is 0 Å². The van der Waals surface area contributed by atoms with Gasteiger partial charge in [-0.2, -0.15) is 0 Å². The topological polar surface area (TPSA) is 12.4 Å². The molecule has 0 fully saturated rings. The van der Waals surface area contributed by atoms with Crippen LogP contribution < -0.4 is 0 Å². The summed E-state index contributed by atoms with van der Waals surface area (Å²) in [5, 5.41) is 0.645. The van der Waals surface area contributed by atoms with Gasteiger partial charge in [0.05, 0.1) is 5.54 Å². The number of nitrogens with zero attached hydrogens (tertiary/aromatic N) is 1. The third kappa shape index (κ3) is 1.61. The lowest BCUT2D eigenvalue weighted by atomic mass is 9.90. The molecule has 1 aliphatic heterocycles. The van der Waals surface area contributed by atoms with Crippen molar-refractivity contribution in [2.75, 3.05) is 0 Å². The highest BCUT2D eigenvalue weighted by atomic mass is 35.5. The minimum Gasteiger partial charge on any atom is -0.266 e. The van der Waals surface area contributed by atoms with E-state index in [1.54, 1.807) is 0 Å². The molecule has 1 aromatic carbocycles. The Kier molecular flexibility index (Phi) is 1.92. The van der Waals surface area contributed by atoms with E-state index in [-0.39, 0.29) is 5.54 Å². The summed E-state index contributed by atoms with van der Waals surface area (Å²) >= 11 is 6.08. The lowest BCUT2D eigenvalue weighted by Crippen LogP contribution is -2.27. The van der Waals surface area contributed by atoms with Crippen LogP contribution in [-0.4, -0.2) is 10.7 Å². The number of hydrogen-bond donors (Lipinski definition) is 0. The number of benzene rings is 1. The minimum absolute atomic E-state index is 0.0502. The van der Waals surface area contributed by atoms with Crippen molar-refractivity contribution in [2.45, 2.75) is 25.8 Å². The number of halogens is 1. The van der Waals surface area contributed by atoms with E-state index in [1.165, 1.54) is 5.56 Å². The van der Waals surface area contributed by atoms with Crippen molar-refractivity contribution in [3.8, 4) is 0 Å². The van der Waals surface area contributed by atoms with E-state index in [1.807, 2.05) is 18.2 Å². The molecule has 0 N–H and O–H groups in total. The first-order valence-electron chi connectivity index (χ1n) is 4.42. The van der Waals surface area contributed by atoms with E-state index in [0.717, 1.165) is 12.0 Å². The third-order valence-electron chi connectivity index (χ3n) is 2.26. The van der Waals surface area contributed by atoms with Gasteiger partial charge in [0, 0.05) is 5.56 Å². The molecule has 0 saturated carbocycles. The Labute approximate surface area is 83.4 Å². The largest absolute Gasteiger partial charge is 0.266 e. The second-order valence-corrected chi connectivity index (χ2v) is 4.41. The maximum absolute atomic E-state index is 6.08. The fourth-order valence-electron chi connectivity index (χ4n) is 1.71. The van der Waals surface area contributed by atoms with E-state index < -0.39 is 0 Å². The smallest absolute Gasteiger partial charge is 0.131 e. The first-order chi connectivity index (χ1) is 6.08. The van der Waals surface area contributed by atoms with Gasteiger partial charge in [-0.15, -0.1) is 0 Å². The van der Waals surface area contributed by atoms with E-state index in [4.69, 9.17) is 11.6 Å². The summed E-state index contributed by atoms with van der Waals surface area (Å²) in [6.07, 6.45) is 0.972. The van der Waals surface area contributed by atoms with E-state index in [0.29, 0.717) is 5.17 Å². The molecule has 0 aliphatic carbocycles. The molecule has 2 rings (SSSR count). The molecule has 13 heavy (non-hydrogen) atoms. The maximum Gasteiger partial charge on any atom is 0.131 e. The van der Waals surface area contributed by atoms with Crippen LogP contribution in [0.5, 0.6) is 0 Å². The average Bonchev–Trinajstić information content (AvgIpc) is 2.02. The molecule has 0 aromatic heterocycles. The van der Waals surface area contributed by atoms with Gasteiger partial charge in [-0.1, -0.05) is 35.9 Å². The highest BCUT2D eigenvalue weighted by Crippen LogP contribution is 2.27. The molecular formula is C11H12ClN. The molecule has 0 saturated heterocycles. The van der Waals surface area contributed by atoms with Gasteiger partial charge < -0.3 is 0 Å². The summed E-state index contributed by atoms with van der Waals surface area (Å²) in [4.78, 5) is 4.44. The fraction of sp³-hybridized carbons (Fsp3) is 0.364. The molecule has 0 atom stereocenters. The standard InChI is InChI=1S/C11H12ClN/c1-11(2)7-8-5-3-4-6-9(8)10(12)13-11/h3-6H,7H2,1-2H3. The monoisotopic (exact) mass is 193 g/mol. The predicted molar refractivity (Wildman–Crippen MR) is 56.6 cm³/mol. The molecule has 2 heteroatoms. The molecular weight excluding hydrogens is 182 g/mol. The zero-order valence-electron chi connectivity index (χ0n) is 7.84. The van der Waals surface area contributed by atoms with Crippen molar-refractivity contribution >= 4 is 16.8 Å². The first kappa shape index (κ1) is 8.76. The minimum atomic E-state index is -0.0502. The summed E-state index contributed by atoms with van der Waals surface area (Å²) in [5.74, 6) is 0. The van der Waals surface area contributed by atoms with Crippen molar-refractivity contribution in [3.05, 3.63) is 35.4 Å². The second-order valence-electron chi connectivity index (χ2n) is 4.05. The van der Waals surface area contributed by atoms with Gasteiger partial charge in [0.25, 0.3) is 0 Å². The Morgan fingerprint density at radius 2 is 2.00 bits per heavy atom. The molecule has 1 aliphatic rings. The van der Waals surface area contributed by atoms with Crippen molar-refractivity contribution < 1.29 is 0 Å². The zero-order valence-corrected chi connectivity index (χ0v) is 8.60. The molecule has 1 aromatic rings. The SMILES string of the molecule is CC1(C)Cc2ccccc2C(Cl)=N1. The van der Waals surface area contributed by atoms with Crippen LogP contribution in [0.4, 0.5) is 0 Å². The van der Waals surface area contributed by atoms with Gasteiger partial charge in [-0.25, -0.2) is 0 Å². The van der Waals surface area contributed by atoms with Gasteiger partial charge in [0.2, 0.25) is 0 Å². The Morgan fingerprint density at radius 1 is 1.31 bits per heavy atom. The second kappa shape index (κ2) is 2.85. The van der Waals surface area contributed by atoms with Crippen LogP contribution in [0.1, 0.15) is 25.0 Å². The Balaban J connectivity index is 2.55. The lowest BCUT2D eigenvalue weighted by Gasteiger charge is -2.26. The summed E-state index contributed by atoms with van der Waals surface area (Å²) in [6, 6.07) is 8.18. The maximum atomic E-state index is 6.08. The Bertz CT molecular complexity index is 366. The van der Waals surface area contributed by atoms with Crippen molar-refractivity contribution in [1.82, 2.24) is 0 Å². The predicted octanol–water partition coefficient (Wildman–Crippen LogP) is 3.01. The molecule has 0 bridgehead atoms. The van der Waals surface area contributed by atoms with Crippen LogP contribution in [0, 0.1) is 0 Å². The molecule has 0 amide bonds. The molecule has 1 heterocycles. The van der Waals surface area contributed by atoms with Crippen LogP contribution in [-0.2, 0) is 6.42 Å². The van der Waals surface area contributed by atoms with Gasteiger partial charge in [0.1, 0.15) is 5.17 Å². The Morgan fingerprint density at radius 3 is 2.77 bits per heavy atom. The van der Waals surface area contributed by atoms with Crippen molar-refractivity contribution in [3.63, 3.8) is 0 Å². The van der Waals surface area contributed by atoms with Crippen molar-refractivity contribution in [1.29, 1.82) is 0 Å². The molecule has 0 radical (unpaired) electrons. The van der Waals surface area contributed by atoms with Gasteiger partial charge in [0.15, 0.2) is 0 Å². The van der Waals surface area contributed by atoms with E-state index >= 15 is 0 Å². The highest BCUT2D eigenvalue weighted by Gasteiger charge is 2.25. The number of fused-ring (bicyclic) bond motifs is 1. The van der Waals surface area contributed by atoms with Gasteiger partial charge in [-0.05, 0) is 25.8 Å². The highest BCUT2D eigenvalue weighted by molar-refractivity contribution is 6.69. The fourth-order valence-corrected chi connectivity index (χ4v) is 2.12. The number of aliphatic imine (C=N–C) groups is 1. The van der Waals surface area contributed by atoms with Crippen molar-refractivity contribution in [2.24, 2.45) is 4.99 Å². The van der Waals surface area contributed by atoms with Crippen LogP contribution >= 0.6 is 11.6 Å². The quantitative estimate of drug-likeness (QED) is 0.601. The van der Waals surface area contributed by atoms with Crippen LogP contribution in [0.2, 0.25) is 0 Å². The van der Waals surface area contributed by atoms with Gasteiger partial charge in [-0.3, -0.25) is 4.99 Å². The Hall–Kier alpha value is -0.820. The zero-order chi connectivity index (χ0) is 9.47. The first-order valence-corrected chi connectivity index (χ1v) is 4.80.